The van der Waals surface area contributed by atoms with Crippen LogP contribution in [0.5, 0.6) is 0 Å². The smallest absolute Gasteiger partial charge is 0.244 e. The molecule has 122 valence electrons. The molecule has 5 nitrogen and oxygen atoms in total. The summed E-state index contributed by atoms with van der Waals surface area (Å²) in [5.41, 5.74) is 0.606. The second-order valence-electron chi connectivity index (χ2n) is 5.93. The molecule has 1 aliphatic carbocycles. The van der Waals surface area contributed by atoms with E-state index in [0.717, 1.165) is 39.5 Å². The minimum Gasteiger partial charge on any atom is -0.323 e. The fraction of sp³-hybridized carbons (Fsp3) is 0.438. The molecule has 0 spiro atoms. The van der Waals surface area contributed by atoms with Gasteiger partial charge in [0.1, 0.15) is 6.54 Å². The van der Waals surface area contributed by atoms with Gasteiger partial charge in [-0.2, -0.15) is 0 Å². The SMILES string of the molecule is O=C(CN1C(=O)C2CCCCC2C1=O)Nc1ccc(Br)cc1Br. The predicted octanol–water partition coefficient (Wildman–Crippen LogP) is 3.33. The molecule has 1 aliphatic heterocycles. The third kappa shape index (κ3) is 3.35. The van der Waals surface area contributed by atoms with E-state index in [1.54, 1.807) is 12.1 Å². The molecule has 1 N–H and O–H groups in total. The van der Waals surface area contributed by atoms with Crippen molar-refractivity contribution in [1.82, 2.24) is 4.90 Å². The van der Waals surface area contributed by atoms with Crippen LogP contribution in [0.3, 0.4) is 0 Å². The van der Waals surface area contributed by atoms with Gasteiger partial charge in [-0.05, 0) is 47.0 Å². The molecule has 1 aromatic carbocycles. The van der Waals surface area contributed by atoms with Gasteiger partial charge in [0, 0.05) is 8.95 Å². The summed E-state index contributed by atoms with van der Waals surface area (Å²) >= 11 is 6.71. The number of hydrogen-bond acceptors (Lipinski definition) is 3. The summed E-state index contributed by atoms with van der Waals surface area (Å²) in [4.78, 5) is 38.1. The Hall–Kier alpha value is -1.21. The summed E-state index contributed by atoms with van der Waals surface area (Å²) in [6, 6.07) is 5.37. The zero-order chi connectivity index (χ0) is 16.6. The number of carbonyl (C=O) groups is 3. The first-order chi connectivity index (χ1) is 11.0. The highest BCUT2D eigenvalue weighted by atomic mass is 79.9. The molecule has 1 saturated carbocycles. The molecule has 3 rings (SSSR count). The fourth-order valence-electron chi connectivity index (χ4n) is 3.31. The van der Waals surface area contributed by atoms with Gasteiger partial charge >= 0.3 is 0 Å². The van der Waals surface area contributed by atoms with Gasteiger partial charge in [0.25, 0.3) is 0 Å². The zero-order valence-electron chi connectivity index (χ0n) is 12.4. The third-order valence-corrected chi connectivity index (χ3v) is 5.59. The number of nitrogens with one attached hydrogen (secondary N) is 1. The van der Waals surface area contributed by atoms with Crippen LogP contribution in [0.4, 0.5) is 5.69 Å². The Morgan fingerprint density at radius 2 is 1.74 bits per heavy atom. The van der Waals surface area contributed by atoms with E-state index in [1.165, 1.54) is 0 Å². The summed E-state index contributed by atoms with van der Waals surface area (Å²) in [6.45, 7) is -0.215. The topological polar surface area (TPSA) is 66.5 Å². The van der Waals surface area contributed by atoms with Crippen molar-refractivity contribution in [1.29, 1.82) is 0 Å². The zero-order valence-corrected chi connectivity index (χ0v) is 15.5. The number of likely N-dealkylation sites (tertiary alicyclic amines) is 1. The number of rotatable bonds is 3. The van der Waals surface area contributed by atoms with E-state index in [4.69, 9.17) is 0 Å². The second-order valence-corrected chi connectivity index (χ2v) is 7.70. The van der Waals surface area contributed by atoms with Crippen LogP contribution in [0.2, 0.25) is 0 Å². The highest BCUT2D eigenvalue weighted by molar-refractivity contribution is 9.11. The first kappa shape index (κ1) is 16.6. The van der Waals surface area contributed by atoms with Crippen molar-refractivity contribution in [2.24, 2.45) is 11.8 Å². The molecule has 1 saturated heterocycles. The number of carbonyl (C=O) groups excluding carboxylic acids is 3. The van der Waals surface area contributed by atoms with Gasteiger partial charge in [0.05, 0.1) is 17.5 Å². The van der Waals surface area contributed by atoms with Gasteiger partial charge in [-0.3, -0.25) is 19.3 Å². The van der Waals surface area contributed by atoms with E-state index in [9.17, 15) is 14.4 Å². The molecular formula is C16H16Br2N2O3. The number of anilines is 1. The first-order valence-corrected chi connectivity index (χ1v) is 9.16. The third-order valence-electron chi connectivity index (χ3n) is 4.44. The van der Waals surface area contributed by atoms with Crippen LogP contribution < -0.4 is 5.32 Å². The summed E-state index contributed by atoms with van der Waals surface area (Å²) in [7, 11) is 0. The van der Waals surface area contributed by atoms with Crippen molar-refractivity contribution in [2.45, 2.75) is 25.7 Å². The number of benzene rings is 1. The van der Waals surface area contributed by atoms with E-state index in [-0.39, 0.29) is 36.1 Å². The minimum absolute atomic E-state index is 0.190. The lowest BCUT2D eigenvalue weighted by Gasteiger charge is -2.19. The number of fused-ring (bicyclic) bond motifs is 1. The minimum atomic E-state index is -0.367. The molecule has 1 heterocycles. The molecular weight excluding hydrogens is 428 g/mol. The molecule has 2 fully saturated rings. The van der Waals surface area contributed by atoms with Gasteiger partial charge in [-0.15, -0.1) is 0 Å². The lowest BCUT2D eigenvalue weighted by Crippen LogP contribution is -2.38. The van der Waals surface area contributed by atoms with Crippen LogP contribution in [0.25, 0.3) is 0 Å². The van der Waals surface area contributed by atoms with Crippen LogP contribution in [0, 0.1) is 11.8 Å². The van der Waals surface area contributed by atoms with Crippen molar-refractivity contribution in [3.63, 3.8) is 0 Å². The van der Waals surface area contributed by atoms with Gasteiger partial charge in [0.15, 0.2) is 0 Å². The van der Waals surface area contributed by atoms with Crippen molar-refractivity contribution in [2.75, 3.05) is 11.9 Å². The number of hydrogen-bond donors (Lipinski definition) is 1. The predicted molar refractivity (Wildman–Crippen MR) is 92.6 cm³/mol. The molecule has 3 amide bonds. The largest absolute Gasteiger partial charge is 0.323 e. The van der Waals surface area contributed by atoms with Gasteiger partial charge in [-0.25, -0.2) is 0 Å². The van der Waals surface area contributed by atoms with Crippen molar-refractivity contribution in [3.05, 3.63) is 27.1 Å². The average Bonchev–Trinajstić information content (AvgIpc) is 2.76. The summed E-state index contributed by atoms with van der Waals surface area (Å²) < 4.78 is 1.62. The molecule has 2 atom stereocenters. The maximum atomic E-state index is 12.4. The van der Waals surface area contributed by atoms with Crippen molar-refractivity contribution in [3.8, 4) is 0 Å². The Bertz CT molecular complexity index is 653. The molecule has 7 heteroatoms. The second kappa shape index (κ2) is 6.73. The van der Waals surface area contributed by atoms with E-state index in [0.29, 0.717) is 5.69 Å². The molecule has 0 aromatic heterocycles. The lowest BCUT2D eigenvalue weighted by molar-refractivity contribution is -0.142. The Morgan fingerprint density at radius 1 is 1.13 bits per heavy atom. The standard InChI is InChI=1S/C16H16Br2N2O3/c17-9-5-6-13(12(18)7-9)19-14(21)8-20-15(22)10-3-1-2-4-11(10)16(20)23/h5-7,10-11H,1-4,8H2,(H,19,21). The monoisotopic (exact) mass is 442 g/mol. The Balaban J connectivity index is 1.68. The number of nitrogens with zero attached hydrogens (tertiary/aromatic N) is 1. The Kier molecular flexibility index (Phi) is 4.87. The Labute approximate surface area is 151 Å². The van der Waals surface area contributed by atoms with Crippen molar-refractivity contribution < 1.29 is 14.4 Å². The summed E-state index contributed by atoms with van der Waals surface area (Å²) in [5.74, 6) is -1.19. The number of amides is 3. The summed E-state index contributed by atoms with van der Waals surface area (Å²) in [5, 5.41) is 2.73. The molecule has 2 aliphatic rings. The molecule has 1 aromatic rings. The van der Waals surface area contributed by atoms with Crippen LogP contribution in [-0.4, -0.2) is 29.2 Å². The van der Waals surface area contributed by atoms with Gasteiger partial charge < -0.3 is 5.32 Å². The highest BCUT2D eigenvalue weighted by Crippen LogP contribution is 2.37. The maximum Gasteiger partial charge on any atom is 0.244 e. The molecule has 0 radical (unpaired) electrons. The van der Waals surface area contributed by atoms with E-state index < -0.39 is 0 Å². The normalized spacial score (nSPS) is 23.8. The van der Waals surface area contributed by atoms with E-state index in [2.05, 4.69) is 37.2 Å². The molecule has 0 bridgehead atoms. The molecule has 2 unspecified atom stereocenters. The Morgan fingerprint density at radius 3 is 2.30 bits per heavy atom. The first-order valence-electron chi connectivity index (χ1n) is 7.57. The summed E-state index contributed by atoms with van der Waals surface area (Å²) in [6.07, 6.45) is 3.47. The quantitative estimate of drug-likeness (QED) is 0.728. The van der Waals surface area contributed by atoms with Crippen molar-refractivity contribution >= 4 is 55.3 Å². The number of halogens is 2. The van der Waals surface area contributed by atoms with Crippen LogP contribution in [0.1, 0.15) is 25.7 Å². The lowest BCUT2D eigenvalue weighted by atomic mass is 9.81. The van der Waals surface area contributed by atoms with E-state index >= 15 is 0 Å². The number of imide groups is 1. The van der Waals surface area contributed by atoms with Crippen LogP contribution in [-0.2, 0) is 14.4 Å². The highest BCUT2D eigenvalue weighted by Gasteiger charge is 2.48. The van der Waals surface area contributed by atoms with Gasteiger partial charge in [0.2, 0.25) is 17.7 Å². The molecule has 23 heavy (non-hydrogen) atoms. The fourth-order valence-corrected chi connectivity index (χ4v) is 4.46. The van der Waals surface area contributed by atoms with Gasteiger partial charge in [-0.1, -0.05) is 28.8 Å². The maximum absolute atomic E-state index is 12.4. The average molecular weight is 444 g/mol. The van der Waals surface area contributed by atoms with Crippen LogP contribution in [0.15, 0.2) is 27.1 Å². The van der Waals surface area contributed by atoms with Crippen LogP contribution >= 0.6 is 31.9 Å². The van der Waals surface area contributed by atoms with E-state index in [1.807, 2.05) is 6.07 Å².